The molecule has 0 aliphatic rings. The Labute approximate surface area is 82.8 Å². The van der Waals surface area contributed by atoms with Gasteiger partial charge in [0.05, 0.1) is 6.21 Å². The lowest BCUT2D eigenvalue weighted by atomic mass is 10.0. The second kappa shape index (κ2) is 4.28. The lowest BCUT2D eigenvalue weighted by Crippen LogP contribution is -1.91. The van der Waals surface area contributed by atoms with Crippen LogP contribution in [0.15, 0.2) is 23.4 Å². The average Bonchev–Trinajstić information content (AvgIpc) is 2.08. The summed E-state index contributed by atoms with van der Waals surface area (Å²) in [4.78, 5) is 0. The van der Waals surface area contributed by atoms with Crippen LogP contribution in [0.25, 0.3) is 0 Å². The van der Waals surface area contributed by atoms with Crippen molar-refractivity contribution < 1.29 is 5.21 Å². The Morgan fingerprint density at radius 2 is 2.15 bits per heavy atom. The minimum atomic E-state index is 0.375. The number of oxime groups is 1. The average molecular weight is 198 g/mol. The van der Waals surface area contributed by atoms with Gasteiger partial charge >= 0.3 is 0 Å². The first kappa shape index (κ1) is 10.1. The number of hydrogen-bond donors (Lipinski definition) is 1. The molecule has 3 heteroatoms. The third-order valence-electron chi connectivity index (χ3n) is 1.85. The number of halogens is 1. The van der Waals surface area contributed by atoms with Crippen molar-refractivity contribution in [2.24, 2.45) is 5.16 Å². The Kier molecular flexibility index (Phi) is 3.32. The van der Waals surface area contributed by atoms with Gasteiger partial charge in [0.25, 0.3) is 0 Å². The summed E-state index contributed by atoms with van der Waals surface area (Å²) in [5.41, 5.74) is 1.93. The van der Waals surface area contributed by atoms with Crippen LogP contribution in [0.1, 0.15) is 30.9 Å². The molecule has 0 radical (unpaired) electrons. The van der Waals surface area contributed by atoms with Gasteiger partial charge in [0.2, 0.25) is 0 Å². The third kappa shape index (κ3) is 2.46. The molecule has 2 nitrogen and oxygen atoms in total. The fourth-order valence-electron chi connectivity index (χ4n) is 1.15. The SMILES string of the molecule is CC(C)c1cc(/C=N/O)ccc1Cl. The highest BCUT2D eigenvalue weighted by atomic mass is 35.5. The van der Waals surface area contributed by atoms with Gasteiger partial charge in [-0.15, -0.1) is 0 Å². The van der Waals surface area contributed by atoms with Gasteiger partial charge in [0.1, 0.15) is 0 Å². The molecule has 0 fully saturated rings. The molecule has 0 amide bonds. The first-order chi connectivity index (χ1) is 6.15. The Morgan fingerprint density at radius 3 is 2.69 bits per heavy atom. The van der Waals surface area contributed by atoms with Gasteiger partial charge in [0, 0.05) is 5.02 Å². The van der Waals surface area contributed by atoms with Crippen molar-refractivity contribution in [3.8, 4) is 0 Å². The van der Waals surface area contributed by atoms with Gasteiger partial charge < -0.3 is 5.21 Å². The highest BCUT2D eigenvalue weighted by molar-refractivity contribution is 6.31. The van der Waals surface area contributed by atoms with Gasteiger partial charge in [0.15, 0.2) is 0 Å². The van der Waals surface area contributed by atoms with Crippen LogP contribution in [0.3, 0.4) is 0 Å². The molecule has 0 heterocycles. The molecule has 0 aromatic heterocycles. The predicted molar refractivity (Wildman–Crippen MR) is 54.9 cm³/mol. The zero-order valence-electron chi connectivity index (χ0n) is 7.66. The van der Waals surface area contributed by atoms with Crippen molar-refractivity contribution in [1.82, 2.24) is 0 Å². The maximum Gasteiger partial charge on any atom is 0.0733 e. The van der Waals surface area contributed by atoms with Crippen molar-refractivity contribution in [3.63, 3.8) is 0 Å². The summed E-state index contributed by atoms with van der Waals surface area (Å²) in [5.74, 6) is 0.375. The van der Waals surface area contributed by atoms with Gasteiger partial charge in [-0.25, -0.2) is 0 Å². The number of benzene rings is 1. The molecular weight excluding hydrogens is 186 g/mol. The molecule has 0 unspecified atom stereocenters. The molecule has 0 aliphatic heterocycles. The van der Waals surface area contributed by atoms with Crippen molar-refractivity contribution in [1.29, 1.82) is 0 Å². The molecule has 70 valence electrons. The quantitative estimate of drug-likeness (QED) is 0.441. The van der Waals surface area contributed by atoms with Crippen LogP contribution >= 0.6 is 11.6 Å². The Morgan fingerprint density at radius 1 is 1.46 bits per heavy atom. The maximum atomic E-state index is 8.35. The standard InChI is InChI=1S/C10H12ClNO/c1-7(2)9-5-8(6-12-13)3-4-10(9)11/h3-7,13H,1-2H3/b12-6+. The molecule has 1 rings (SSSR count). The topological polar surface area (TPSA) is 32.6 Å². The maximum absolute atomic E-state index is 8.35. The summed E-state index contributed by atoms with van der Waals surface area (Å²) in [6.45, 7) is 4.14. The Balaban J connectivity index is 3.11. The van der Waals surface area contributed by atoms with E-state index in [0.29, 0.717) is 5.92 Å². The predicted octanol–water partition coefficient (Wildman–Crippen LogP) is 3.27. The second-order valence-corrected chi connectivity index (χ2v) is 3.59. The summed E-state index contributed by atoms with van der Waals surface area (Å²) in [7, 11) is 0. The van der Waals surface area contributed by atoms with E-state index in [0.717, 1.165) is 16.1 Å². The van der Waals surface area contributed by atoms with Crippen molar-refractivity contribution in [3.05, 3.63) is 34.3 Å². The van der Waals surface area contributed by atoms with E-state index in [9.17, 15) is 0 Å². The van der Waals surface area contributed by atoms with Crippen molar-refractivity contribution >= 4 is 17.8 Å². The Hall–Kier alpha value is -1.02. The van der Waals surface area contributed by atoms with Crippen LogP contribution in [0.5, 0.6) is 0 Å². The molecule has 0 atom stereocenters. The van der Waals surface area contributed by atoms with E-state index in [1.165, 1.54) is 6.21 Å². The molecular formula is C10H12ClNO. The largest absolute Gasteiger partial charge is 0.411 e. The van der Waals surface area contributed by atoms with Crippen LogP contribution < -0.4 is 0 Å². The van der Waals surface area contributed by atoms with E-state index in [1.807, 2.05) is 18.2 Å². The summed E-state index contributed by atoms with van der Waals surface area (Å²) in [5, 5.41) is 12.1. The van der Waals surface area contributed by atoms with Crippen molar-refractivity contribution in [2.45, 2.75) is 19.8 Å². The molecule has 0 bridgehead atoms. The third-order valence-corrected chi connectivity index (χ3v) is 2.19. The highest BCUT2D eigenvalue weighted by Crippen LogP contribution is 2.24. The molecule has 0 spiro atoms. The molecule has 13 heavy (non-hydrogen) atoms. The molecule has 0 saturated carbocycles. The summed E-state index contributed by atoms with van der Waals surface area (Å²) in [6.07, 6.45) is 1.39. The summed E-state index contributed by atoms with van der Waals surface area (Å²) in [6, 6.07) is 5.55. The van der Waals surface area contributed by atoms with Gasteiger partial charge in [-0.05, 0) is 29.2 Å². The lowest BCUT2D eigenvalue weighted by molar-refractivity contribution is 0.322. The monoisotopic (exact) mass is 197 g/mol. The molecule has 0 saturated heterocycles. The fraction of sp³-hybridized carbons (Fsp3) is 0.300. The summed E-state index contributed by atoms with van der Waals surface area (Å²) < 4.78 is 0. The number of nitrogens with zero attached hydrogens (tertiary/aromatic N) is 1. The summed E-state index contributed by atoms with van der Waals surface area (Å²) >= 11 is 5.98. The lowest BCUT2D eigenvalue weighted by Gasteiger charge is -2.08. The van der Waals surface area contributed by atoms with Crippen LogP contribution in [-0.2, 0) is 0 Å². The first-order valence-electron chi connectivity index (χ1n) is 4.12. The van der Waals surface area contributed by atoms with Gasteiger partial charge in [-0.1, -0.05) is 36.7 Å². The van der Waals surface area contributed by atoms with Crippen LogP contribution in [0.4, 0.5) is 0 Å². The Bertz CT molecular complexity index is 321. The first-order valence-corrected chi connectivity index (χ1v) is 4.50. The van der Waals surface area contributed by atoms with Crippen LogP contribution in [-0.4, -0.2) is 11.4 Å². The molecule has 0 aliphatic carbocycles. The van der Waals surface area contributed by atoms with E-state index in [2.05, 4.69) is 19.0 Å². The van der Waals surface area contributed by atoms with E-state index in [1.54, 1.807) is 0 Å². The van der Waals surface area contributed by atoms with Crippen molar-refractivity contribution in [2.75, 3.05) is 0 Å². The minimum Gasteiger partial charge on any atom is -0.411 e. The number of rotatable bonds is 2. The van der Waals surface area contributed by atoms with Crippen LogP contribution in [0, 0.1) is 0 Å². The zero-order valence-corrected chi connectivity index (χ0v) is 8.42. The molecule has 1 aromatic rings. The van der Waals surface area contributed by atoms with Gasteiger partial charge in [-0.2, -0.15) is 0 Å². The van der Waals surface area contributed by atoms with E-state index >= 15 is 0 Å². The van der Waals surface area contributed by atoms with E-state index < -0.39 is 0 Å². The highest BCUT2D eigenvalue weighted by Gasteiger charge is 2.04. The second-order valence-electron chi connectivity index (χ2n) is 3.18. The van der Waals surface area contributed by atoms with E-state index in [-0.39, 0.29) is 0 Å². The normalized spacial score (nSPS) is 11.4. The zero-order chi connectivity index (χ0) is 9.84. The fourth-order valence-corrected chi connectivity index (χ4v) is 1.49. The van der Waals surface area contributed by atoms with Gasteiger partial charge in [-0.3, -0.25) is 0 Å². The minimum absolute atomic E-state index is 0.375. The van der Waals surface area contributed by atoms with E-state index in [4.69, 9.17) is 16.8 Å². The smallest absolute Gasteiger partial charge is 0.0733 e. The number of hydrogen-bond acceptors (Lipinski definition) is 2. The molecule has 1 aromatic carbocycles. The molecule has 1 N–H and O–H groups in total. The van der Waals surface area contributed by atoms with Crippen LogP contribution in [0.2, 0.25) is 5.02 Å².